The van der Waals surface area contributed by atoms with Gasteiger partial charge in [-0.15, -0.1) is 0 Å². The lowest BCUT2D eigenvalue weighted by molar-refractivity contribution is 0.0702. The topological polar surface area (TPSA) is 45.5 Å². The smallest absolute Gasteiger partial charge is 0.289 e. The predicted molar refractivity (Wildman–Crippen MR) is 55.2 cm³/mol. The molecule has 4 nitrogen and oxygen atoms in total. The van der Waals surface area contributed by atoms with Crippen molar-refractivity contribution in [3.8, 4) is 0 Å². The van der Waals surface area contributed by atoms with Crippen LogP contribution < -0.4 is 5.32 Å². The summed E-state index contributed by atoms with van der Waals surface area (Å²) in [7, 11) is 0. The fraction of sp³-hybridized carbons (Fsp3) is 0.444. The molecule has 0 bridgehead atoms. The molecule has 0 saturated carbocycles. The Bertz CT molecular complexity index is 331. The molecular formula is C9H11BrN2O2. The van der Waals surface area contributed by atoms with Gasteiger partial charge in [-0.3, -0.25) is 4.79 Å². The van der Waals surface area contributed by atoms with Crippen molar-refractivity contribution in [2.75, 3.05) is 26.2 Å². The molecule has 1 aromatic heterocycles. The van der Waals surface area contributed by atoms with Crippen LogP contribution in [0.4, 0.5) is 0 Å². The lowest BCUT2D eigenvalue weighted by atomic mass is 10.3. The summed E-state index contributed by atoms with van der Waals surface area (Å²) >= 11 is 3.17. The summed E-state index contributed by atoms with van der Waals surface area (Å²) in [5.74, 6) is 0.371. The summed E-state index contributed by atoms with van der Waals surface area (Å²) in [6, 6.07) is 3.42. The van der Waals surface area contributed by atoms with Crippen molar-refractivity contribution in [2.45, 2.75) is 0 Å². The monoisotopic (exact) mass is 258 g/mol. The minimum absolute atomic E-state index is 0.0304. The molecule has 2 rings (SSSR count). The molecule has 0 radical (unpaired) electrons. The summed E-state index contributed by atoms with van der Waals surface area (Å²) < 4.78 is 5.80. The molecule has 1 amide bonds. The van der Waals surface area contributed by atoms with Crippen LogP contribution in [0.1, 0.15) is 10.6 Å². The van der Waals surface area contributed by atoms with E-state index in [1.165, 1.54) is 0 Å². The number of amides is 1. The fourth-order valence-corrected chi connectivity index (χ4v) is 1.76. The van der Waals surface area contributed by atoms with Crippen molar-refractivity contribution in [2.24, 2.45) is 0 Å². The van der Waals surface area contributed by atoms with E-state index in [0.29, 0.717) is 10.4 Å². The van der Waals surface area contributed by atoms with Gasteiger partial charge in [0.05, 0.1) is 0 Å². The van der Waals surface area contributed by atoms with Crippen molar-refractivity contribution >= 4 is 21.8 Å². The third kappa shape index (κ3) is 1.99. The third-order valence-corrected chi connectivity index (χ3v) is 2.61. The first-order valence-electron chi connectivity index (χ1n) is 4.53. The lowest BCUT2D eigenvalue weighted by Crippen LogP contribution is -2.46. The van der Waals surface area contributed by atoms with E-state index in [2.05, 4.69) is 21.2 Å². The Kier molecular flexibility index (Phi) is 2.88. The molecule has 1 fully saturated rings. The van der Waals surface area contributed by atoms with E-state index in [1.54, 1.807) is 17.0 Å². The number of hydrogen-bond acceptors (Lipinski definition) is 3. The summed E-state index contributed by atoms with van der Waals surface area (Å²) in [5, 5.41) is 3.19. The van der Waals surface area contributed by atoms with E-state index >= 15 is 0 Å². The minimum atomic E-state index is -0.0304. The number of carbonyl (C=O) groups is 1. The molecule has 14 heavy (non-hydrogen) atoms. The number of nitrogens with one attached hydrogen (secondary N) is 1. The molecule has 0 atom stereocenters. The third-order valence-electron chi connectivity index (χ3n) is 2.19. The molecule has 0 unspecified atom stereocenters. The molecule has 1 saturated heterocycles. The van der Waals surface area contributed by atoms with Crippen LogP contribution in [0.3, 0.4) is 0 Å². The van der Waals surface area contributed by atoms with Gasteiger partial charge >= 0.3 is 0 Å². The maximum atomic E-state index is 11.8. The van der Waals surface area contributed by atoms with Crippen LogP contribution in [0, 0.1) is 0 Å². The van der Waals surface area contributed by atoms with Gasteiger partial charge in [0, 0.05) is 26.2 Å². The largest absolute Gasteiger partial charge is 0.444 e. The van der Waals surface area contributed by atoms with E-state index in [0.717, 1.165) is 26.2 Å². The molecule has 0 aliphatic carbocycles. The average molecular weight is 259 g/mol. The fourth-order valence-electron chi connectivity index (χ4n) is 1.45. The average Bonchev–Trinajstić information content (AvgIpc) is 2.65. The SMILES string of the molecule is O=C(c1ccc(Br)o1)N1CCNCC1. The zero-order valence-corrected chi connectivity index (χ0v) is 9.21. The van der Waals surface area contributed by atoms with Crippen molar-refractivity contribution < 1.29 is 9.21 Å². The molecule has 0 spiro atoms. The van der Waals surface area contributed by atoms with E-state index in [4.69, 9.17) is 4.42 Å². The second-order valence-corrected chi connectivity index (χ2v) is 3.93. The zero-order chi connectivity index (χ0) is 9.97. The Morgan fingerprint density at radius 2 is 2.14 bits per heavy atom. The summed E-state index contributed by atoms with van der Waals surface area (Å²) in [6.45, 7) is 3.20. The Labute approximate surface area is 90.4 Å². The van der Waals surface area contributed by atoms with Crippen LogP contribution in [0.15, 0.2) is 21.2 Å². The maximum Gasteiger partial charge on any atom is 0.289 e. The number of piperazine rings is 1. The van der Waals surface area contributed by atoms with Crippen LogP contribution >= 0.6 is 15.9 Å². The molecule has 0 aromatic carbocycles. The maximum absolute atomic E-state index is 11.8. The highest BCUT2D eigenvalue weighted by Gasteiger charge is 2.20. The van der Waals surface area contributed by atoms with Crippen molar-refractivity contribution in [3.05, 3.63) is 22.6 Å². The highest BCUT2D eigenvalue weighted by Crippen LogP contribution is 2.15. The number of hydrogen-bond donors (Lipinski definition) is 1. The zero-order valence-electron chi connectivity index (χ0n) is 7.62. The lowest BCUT2D eigenvalue weighted by Gasteiger charge is -2.26. The van der Waals surface area contributed by atoms with Gasteiger partial charge in [0.15, 0.2) is 10.4 Å². The molecule has 1 N–H and O–H groups in total. The second-order valence-electron chi connectivity index (χ2n) is 3.15. The van der Waals surface area contributed by atoms with E-state index in [1.807, 2.05) is 0 Å². The molecule has 76 valence electrons. The molecule has 1 aliphatic heterocycles. The highest BCUT2D eigenvalue weighted by molar-refractivity contribution is 9.10. The van der Waals surface area contributed by atoms with Gasteiger partial charge in [0.1, 0.15) is 0 Å². The number of halogens is 1. The first-order valence-corrected chi connectivity index (χ1v) is 5.32. The van der Waals surface area contributed by atoms with Crippen molar-refractivity contribution in [1.82, 2.24) is 10.2 Å². The van der Waals surface area contributed by atoms with E-state index in [-0.39, 0.29) is 5.91 Å². The first-order chi connectivity index (χ1) is 6.77. The van der Waals surface area contributed by atoms with Gasteiger partial charge in [0.25, 0.3) is 5.91 Å². The van der Waals surface area contributed by atoms with Gasteiger partial charge in [-0.05, 0) is 28.1 Å². The molecule has 1 aromatic rings. The number of carbonyl (C=O) groups excluding carboxylic acids is 1. The first kappa shape index (κ1) is 9.73. The molecule has 2 heterocycles. The van der Waals surface area contributed by atoms with Crippen LogP contribution in [0.25, 0.3) is 0 Å². The van der Waals surface area contributed by atoms with Crippen molar-refractivity contribution in [1.29, 1.82) is 0 Å². The Hall–Kier alpha value is -0.810. The number of nitrogens with zero attached hydrogens (tertiary/aromatic N) is 1. The number of rotatable bonds is 1. The molecule has 1 aliphatic rings. The molecular weight excluding hydrogens is 248 g/mol. The van der Waals surface area contributed by atoms with Crippen molar-refractivity contribution in [3.63, 3.8) is 0 Å². The summed E-state index contributed by atoms with van der Waals surface area (Å²) in [5.41, 5.74) is 0. The summed E-state index contributed by atoms with van der Waals surface area (Å²) in [6.07, 6.45) is 0. The quantitative estimate of drug-likeness (QED) is 0.821. The second kappa shape index (κ2) is 4.14. The highest BCUT2D eigenvalue weighted by atomic mass is 79.9. The van der Waals surface area contributed by atoms with Crippen LogP contribution in [0.2, 0.25) is 0 Å². The van der Waals surface area contributed by atoms with Crippen LogP contribution in [0.5, 0.6) is 0 Å². The minimum Gasteiger partial charge on any atom is -0.444 e. The Balaban J connectivity index is 2.07. The Morgan fingerprint density at radius 3 is 2.71 bits per heavy atom. The molecule has 5 heteroatoms. The van der Waals surface area contributed by atoms with Gasteiger partial charge in [-0.25, -0.2) is 0 Å². The summed E-state index contributed by atoms with van der Waals surface area (Å²) in [4.78, 5) is 13.6. The van der Waals surface area contributed by atoms with Gasteiger partial charge in [0.2, 0.25) is 0 Å². The van der Waals surface area contributed by atoms with Gasteiger partial charge in [-0.1, -0.05) is 0 Å². The normalized spacial score (nSPS) is 17.1. The predicted octanol–water partition coefficient (Wildman–Crippen LogP) is 1.09. The van der Waals surface area contributed by atoms with Crippen LogP contribution in [-0.2, 0) is 0 Å². The van der Waals surface area contributed by atoms with Gasteiger partial charge in [-0.2, -0.15) is 0 Å². The standard InChI is InChI=1S/C9H11BrN2O2/c10-8-2-1-7(14-8)9(13)12-5-3-11-4-6-12/h1-2,11H,3-6H2. The van der Waals surface area contributed by atoms with E-state index < -0.39 is 0 Å². The van der Waals surface area contributed by atoms with E-state index in [9.17, 15) is 4.79 Å². The van der Waals surface area contributed by atoms with Gasteiger partial charge < -0.3 is 14.6 Å². The number of furan rings is 1. The Morgan fingerprint density at radius 1 is 1.43 bits per heavy atom. The van der Waals surface area contributed by atoms with Crippen LogP contribution in [-0.4, -0.2) is 37.0 Å².